The summed E-state index contributed by atoms with van der Waals surface area (Å²) in [5, 5.41) is 11.5. The Bertz CT molecular complexity index is 764. The molecule has 0 unspecified atom stereocenters. The minimum absolute atomic E-state index is 0.448. The number of nitrogens with zero attached hydrogens (tertiary/aromatic N) is 3. The van der Waals surface area contributed by atoms with E-state index in [-0.39, 0.29) is 0 Å². The van der Waals surface area contributed by atoms with E-state index in [4.69, 9.17) is 4.99 Å². The molecule has 1 aromatic heterocycles. The molecule has 132 valence electrons. The molecule has 0 amide bonds. The number of aryl methyl sites for hydroxylation is 2. The smallest absolute Gasteiger partial charge is 0.191 e. The normalized spacial score (nSPS) is 14.9. The zero-order chi connectivity index (χ0) is 17.6. The summed E-state index contributed by atoms with van der Waals surface area (Å²) in [6.07, 6.45) is 6.57. The molecule has 1 heterocycles. The van der Waals surface area contributed by atoms with Crippen LogP contribution in [0.2, 0.25) is 0 Å². The van der Waals surface area contributed by atoms with Crippen molar-refractivity contribution in [1.29, 1.82) is 0 Å². The molecule has 0 bridgehead atoms. The van der Waals surface area contributed by atoms with Crippen LogP contribution in [0, 0.1) is 13.8 Å². The van der Waals surface area contributed by atoms with E-state index in [1.54, 1.807) is 0 Å². The number of rotatable bonds is 5. The molecule has 0 spiro atoms. The third-order valence-corrected chi connectivity index (χ3v) is 4.33. The zero-order valence-corrected chi connectivity index (χ0v) is 15.3. The lowest BCUT2D eigenvalue weighted by molar-refractivity contribution is 0.633. The van der Waals surface area contributed by atoms with Gasteiger partial charge < -0.3 is 10.6 Å². The van der Waals surface area contributed by atoms with Crippen molar-refractivity contribution in [3.63, 3.8) is 0 Å². The molecule has 5 nitrogen and oxygen atoms in total. The second-order valence-electron chi connectivity index (χ2n) is 6.45. The predicted octanol–water partition coefficient (Wildman–Crippen LogP) is 3.26. The first-order valence-electron chi connectivity index (χ1n) is 8.98. The summed E-state index contributed by atoms with van der Waals surface area (Å²) < 4.78 is 2.00. The zero-order valence-electron chi connectivity index (χ0n) is 15.3. The minimum atomic E-state index is 0.448. The number of nitrogens with one attached hydrogen (secondary N) is 2. The lowest BCUT2D eigenvalue weighted by Gasteiger charge is -2.17. The van der Waals surface area contributed by atoms with E-state index in [9.17, 15) is 0 Å². The van der Waals surface area contributed by atoms with Gasteiger partial charge in [-0.1, -0.05) is 30.4 Å². The number of hydrogen-bond donors (Lipinski definition) is 2. The molecule has 1 aromatic carbocycles. The fourth-order valence-corrected chi connectivity index (χ4v) is 3.14. The molecular formula is C20H27N5. The van der Waals surface area contributed by atoms with Gasteiger partial charge in [0.15, 0.2) is 5.96 Å². The van der Waals surface area contributed by atoms with Gasteiger partial charge in [-0.25, -0.2) is 9.67 Å². The van der Waals surface area contributed by atoms with Gasteiger partial charge in [-0.2, -0.15) is 5.10 Å². The molecule has 2 N–H and O–H groups in total. The highest BCUT2D eigenvalue weighted by Crippen LogP contribution is 2.18. The van der Waals surface area contributed by atoms with Crippen molar-refractivity contribution in [2.24, 2.45) is 4.99 Å². The molecule has 25 heavy (non-hydrogen) atoms. The third-order valence-electron chi connectivity index (χ3n) is 4.33. The van der Waals surface area contributed by atoms with Crippen LogP contribution < -0.4 is 10.6 Å². The second kappa shape index (κ2) is 8.01. The molecule has 0 saturated carbocycles. The predicted molar refractivity (Wildman–Crippen MR) is 103 cm³/mol. The molecule has 2 aromatic rings. The van der Waals surface area contributed by atoms with Crippen LogP contribution in [0.5, 0.6) is 0 Å². The Morgan fingerprint density at radius 2 is 2.00 bits per heavy atom. The maximum absolute atomic E-state index is 4.80. The Kier molecular flexibility index (Phi) is 5.53. The third kappa shape index (κ3) is 4.29. The summed E-state index contributed by atoms with van der Waals surface area (Å²) in [6, 6.07) is 10.9. The van der Waals surface area contributed by atoms with E-state index >= 15 is 0 Å². The van der Waals surface area contributed by atoms with Gasteiger partial charge in [0, 0.05) is 18.3 Å². The van der Waals surface area contributed by atoms with E-state index in [0.29, 0.717) is 12.6 Å². The first-order valence-corrected chi connectivity index (χ1v) is 8.98. The SMILES string of the molecule is CCNC(=NCc1ccccc1-n1nc(C)cc1C)NC1CC=CC1. The van der Waals surface area contributed by atoms with Gasteiger partial charge >= 0.3 is 0 Å². The Morgan fingerprint density at radius 3 is 2.68 bits per heavy atom. The van der Waals surface area contributed by atoms with E-state index in [1.165, 1.54) is 0 Å². The van der Waals surface area contributed by atoms with Crippen molar-refractivity contribution >= 4 is 5.96 Å². The highest BCUT2D eigenvalue weighted by molar-refractivity contribution is 5.80. The average molecular weight is 337 g/mol. The summed E-state index contributed by atoms with van der Waals surface area (Å²) >= 11 is 0. The number of aliphatic imine (C=N–C) groups is 1. The van der Waals surface area contributed by atoms with Crippen LogP contribution in [0.25, 0.3) is 5.69 Å². The van der Waals surface area contributed by atoms with Crippen LogP contribution >= 0.6 is 0 Å². The number of hydrogen-bond acceptors (Lipinski definition) is 2. The maximum atomic E-state index is 4.80. The first-order chi connectivity index (χ1) is 12.2. The number of aromatic nitrogens is 2. The number of para-hydroxylation sites is 1. The number of guanidine groups is 1. The molecule has 0 radical (unpaired) electrons. The summed E-state index contributed by atoms with van der Waals surface area (Å²) in [7, 11) is 0. The Labute approximate surface area is 149 Å². The van der Waals surface area contributed by atoms with E-state index in [1.807, 2.05) is 17.7 Å². The molecule has 0 saturated heterocycles. The highest BCUT2D eigenvalue weighted by atomic mass is 15.3. The monoisotopic (exact) mass is 337 g/mol. The van der Waals surface area contributed by atoms with Crippen LogP contribution in [0.15, 0.2) is 47.5 Å². The van der Waals surface area contributed by atoms with Crippen molar-refractivity contribution in [1.82, 2.24) is 20.4 Å². The Morgan fingerprint density at radius 1 is 1.24 bits per heavy atom. The molecule has 5 heteroatoms. The van der Waals surface area contributed by atoms with Crippen LogP contribution in [0.4, 0.5) is 0 Å². The van der Waals surface area contributed by atoms with Gasteiger partial charge in [-0.3, -0.25) is 0 Å². The minimum Gasteiger partial charge on any atom is -0.357 e. The van der Waals surface area contributed by atoms with Crippen molar-refractivity contribution in [3.05, 3.63) is 59.4 Å². The molecule has 1 aliphatic carbocycles. The summed E-state index contributed by atoms with van der Waals surface area (Å²) in [5.41, 5.74) is 4.42. The van der Waals surface area contributed by atoms with Gasteiger partial charge in [0.25, 0.3) is 0 Å². The highest BCUT2D eigenvalue weighted by Gasteiger charge is 2.12. The van der Waals surface area contributed by atoms with Crippen LogP contribution in [-0.4, -0.2) is 28.3 Å². The summed E-state index contributed by atoms with van der Waals surface area (Å²) in [5.74, 6) is 0.874. The second-order valence-corrected chi connectivity index (χ2v) is 6.45. The average Bonchev–Trinajstić information content (AvgIpc) is 3.22. The van der Waals surface area contributed by atoms with E-state index in [0.717, 1.165) is 48.0 Å². The molecule has 3 rings (SSSR count). The fraction of sp³-hybridized carbons (Fsp3) is 0.400. The molecule has 0 fully saturated rings. The van der Waals surface area contributed by atoms with E-state index in [2.05, 4.69) is 66.0 Å². The quantitative estimate of drug-likeness (QED) is 0.500. The molecule has 0 atom stereocenters. The Balaban J connectivity index is 1.80. The van der Waals surface area contributed by atoms with Crippen LogP contribution in [-0.2, 0) is 6.54 Å². The molecule has 1 aliphatic rings. The van der Waals surface area contributed by atoms with Crippen molar-refractivity contribution in [2.45, 2.75) is 46.2 Å². The number of benzene rings is 1. The fourth-order valence-electron chi connectivity index (χ4n) is 3.14. The summed E-state index contributed by atoms with van der Waals surface area (Å²) in [6.45, 7) is 7.66. The maximum Gasteiger partial charge on any atom is 0.191 e. The first kappa shape index (κ1) is 17.3. The van der Waals surface area contributed by atoms with Gasteiger partial charge in [0.2, 0.25) is 0 Å². The topological polar surface area (TPSA) is 54.2 Å². The van der Waals surface area contributed by atoms with Gasteiger partial charge in [0.1, 0.15) is 0 Å². The van der Waals surface area contributed by atoms with Crippen molar-refractivity contribution < 1.29 is 0 Å². The largest absolute Gasteiger partial charge is 0.357 e. The Hall–Kier alpha value is -2.56. The van der Waals surface area contributed by atoms with Crippen LogP contribution in [0.3, 0.4) is 0 Å². The standard InChI is InChI=1S/C20H27N5/c1-4-21-20(23-18-10-6-7-11-18)22-14-17-9-5-8-12-19(17)25-16(3)13-15(2)24-25/h5-9,12-13,18H,4,10-11,14H2,1-3H3,(H2,21,22,23). The lowest BCUT2D eigenvalue weighted by Crippen LogP contribution is -2.42. The van der Waals surface area contributed by atoms with E-state index < -0.39 is 0 Å². The van der Waals surface area contributed by atoms with Crippen molar-refractivity contribution in [2.75, 3.05) is 6.54 Å². The van der Waals surface area contributed by atoms with Gasteiger partial charge in [-0.15, -0.1) is 0 Å². The van der Waals surface area contributed by atoms with Gasteiger partial charge in [0.05, 0.1) is 17.9 Å². The summed E-state index contributed by atoms with van der Waals surface area (Å²) in [4.78, 5) is 4.80. The molecular weight excluding hydrogens is 310 g/mol. The molecule has 0 aliphatic heterocycles. The lowest BCUT2D eigenvalue weighted by atomic mass is 10.2. The van der Waals surface area contributed by atoms with Crippen molar-refractivity contribution in [3.8, 4) is 5.69 Å². The van der Waals surface area contributed by atoms with Crippen LogP contribution in [0.1, 0.15) is 36.7 Å². The van der Waals surface area contributed by atoms with Gasteiger partial charge in [-0.05, 0) is 51.3 Å².